The van der Waals surface area contributed by atoms with Crippen molar-refractivity contribution in [2.75, 3.05) is 5.32 Å². The van der Waals surface area contributed by atoms with Crippen molar-refractivity contribution in [3.8, 4) is 17.4 Å². The summed E-state index contributed by atoms with van der Waals surface area (Å²) in [6.45, 7) is 0. The molecule has 0 bridgehead atoms. The van der Waals surface area contributed by atoms with Gasteiger partial charge in [-0.1, -0.05) is 0 Å². The highest BCUT2D eigenvalue weighted by atomic mass is 32.1. The number of nitro benzene ring substituents is 1. The van der Waals surface area contributed by atoms with E-state index in [0.29, 0.717) is 21.9 Å². The van der Waals surface area contributed by atoms with Crippen molar-refractivity contribution in [2.45, 2.75) is 25.7 Å². The minimum Gasteiger partial charge on any atom is -0.451 e. The van der Waals surface area contributed by atoms with Gasteiger partial charge in [-0.2, -0.15) is 5.26 Å². The summed E-state index contributed by atoms with van der Waals surface area (Å²) in [5.74, 6) is 0.123. The van der Waals surface area contributed by atoms with Gasteiger partial charge in [-0.3, -0.25) is 14.9 Å². The Hall–Kier alpha value is -3.44. The Balaban J connectivity index is 1.55. The molecule has 1 aliphatic carbocycles. The van der Waals surface area contributed by atoms with Crippen LogP contribution in [-0.2, 0) is 12.8 Å². The first kappa shape index (κ1) is 17.9. The van der Waals surface area contributed by atoms with E-state index >= 15 is 0 Å². The van der Waals surface area contributed by atoms with E-state index in [2.05, 4.69) is 11.4 Å². The predicted molar refractivity (Wildman–Crippen MR) is 104 cm³/mol. The molecule has 0 radical (unpaired) electrons. The third kappa shape index (κ3) is 3.28. The number of aryl methyl sites for hydroxylation is 1. The Morgan fingerprint density at radius 2 is 1.93 bits per heavy atom. The molecule has 0 aliphatic heterocycles. The van der Waals surface area contributed by atoms with Gasteiger partial charge in [0.1, 0.15) is 16.8 Å². The van der Waals surface area contributed by atoms with Crippen LogP contribution in [0.5, 0.6) is 0 Å². The Labute approximate surface area is 164 Å². The number of fused-ring (bicyclic) bond motifs is 1. The number of furan rings is 1. The lowest BCUT2D eigenvalue weighted by atomic mass is 9.96. The number of hydrogen-bond acceptors (Lipinski definition) is 6. The smallest absolute Gasteiger partial charge is 0.292 e. The second kappa shape index (κ2) is 7.29. The molecule has 0 spiro atoms. The molecule has 0 saturated heterocycles. The topological polar surface area (TPSA) is 109 Å². The summed E-state index contributed by atoms with van der Waals surface area (Å²) in [5, 5.41) is 23.6. The fraction of sp³-hybridized carbons (Fsp3) is 0.200. The number of thiophene rings is 1. The first-order valence-corrected chi connectivity index (χ1v) is 9.59. The monoisotopic (exact) mass is 393 g/mol. The summed E-state index contributed by atoms with van der Waals surface area (Å²) in [6.07, 6.45) is 3.97. The zero-order valence-corrected chi connectivity index (χ0v) is 15.5. The van der Waals surface area contributed by atoms with Crippen LogP contribution in [0.3, 0.4) is 0 Å². The minimum atomic E-state index is -0.474. The number of benzene rings is 1. The van der Waals surface area contributed by atoms with Crippen LogP contribution in [0.25, 0.3) is 11.3 Å². The first-order chi connectivity index (χ1) is 13.6. The zero-order valence-electron chi connectivity index (χ0n) is 14.7. The third-order valence-corrected chi connectivity index (χ3v) is 5.91. The number of amides is 1. The molecule has 3 aromatic rings. The van der Waals surface area contributed by atoms with Crippen molar-refractivity contribution in [3.05, 3.63) is 68.3 Å². The van der Waals surface area contributed by atoms with Crippen molar-refractivity contribution in [3.63, 3.8) is 0 Å². The largest absolute Gasteiger partial charge is 0.451 e. The fourth-order valence-corrected chi connectivity index (χ4v) is 4.53. The van der Waals surface area contributed by atoms with Crippen LogP contribution >= 0.6 is 11.3 Å². The Bertz CT molecular complexity index is 1110. The predicted octanol–water partition coefficient (Wildman–Crippen LogP) is 4.92. The van der Waals surface area contributed by atoms with E-state index in [1.54, 1.807) is 24.3 Å². The van der Waals surface area contributed by atoms with Gasteiger partial charge >= 0.3 is 0 Å². The number of anilines is 1. The molecule has 140 valence electrons. The summed E-state index contributed by atoms with van der Waals surface area (Å²) in [5.41, 5.74) is 2.23. The van der Waals surface area contributed by atoms with Gasteiger partial charge in [-0.15, -0.1) is 11.3 Å². The number of nitrogens with zero attached hydrogens (tertiary/aromatic N) is 2. The number of hydrogen-bond donors (Lipinski definition) is 1. The molecule has 1 N–H and O–H groups in total. The average molecular weight is 393 g/mol. The van der Waals surface area contributed by atoms with Crippen LogP contribution in [0.15, 0.2) is 40.8 Å². The number of nitriles is 1. The average Bonchev–Trinajstić information content (AvgIpc) is 3.32. The van der Waals surface area contributed by atoms with Crippen molar-refractivity contribution in [1.82, 2.24) is 0 Å². The zero-order chi connectivity index (χ0) is 19.7. The van der Waals surface area contributed by atoms with Crippen LogP contribution in [0.2, 0.25) is 0 Å². The maximum Gasteiger partial charge on any atom is 0.292 e. The van der Waals surface area contributed by atoms with Gasteiger partial charge in [-0.05, 0) is 55.5 Å². The fourth-order valence-electron chi connectivity index (χ4n) is 3.30. The molecule has 8 heteroatoms. The number of carbonyl (C=O) groups excluding carboxylic acids is 1. The van der Waals surface area contributed by atoms with Gasteiger partial charge in [0, 0.05) is 22.6 Å². The van der Waals surface area contributed by atoms with Crippen LogP contribution in [0, 0.1) is 21.4 Å². The molecule has 2 aromatic heterocycles. The second-order valence-electron chi connectivity index (χ2n) is 6.45. The third-order valence-electron chi connectivity index (χ3n) is 4.70. The molecule has 0 atom stereocenters. The minimum absolute atomic E-state index is 0.0148. The van der Waals surface area contributed by atoms with Gasteiger partial charge in [0.15, 0.2) is 5.76 Å². The Morgan fingerprint density at radius 1 is 1.18 bits per heavy atom. The Kier molecular flexibility index (Phi) is 4.67. The van der Waals surface area contributed by atoms with Crippen molar-refractivity contribution in [1.29, 1.82) is 5.26 Å². The van der Waals surface area contributed by atoms with Crippen LogP contribution in [0.1, 0.15) is 39.4 Å². The summed E-state index contributed by atoms with van der Waals surface area (Å²) < 4.78 is 5.62. The van der Waals surface area contributed by atoms with E-state index in [4.69, 9.17) is 4.42 Å². The molecule has 28 heavy (non-hydrogen) atoms. The summed E-state index contributed by atoms with van der Waals surface area (Å²) >= 11 is 1.46. The van der Waals surface area contributed by atoms with Gasteiger partial charge in [-0.25, -0.2) is 0 Å². The standard InChI is InChI=1S/C20H15N3O4S/c21-11-15-14-3-1-2-4-18(14)28-20(15)22-19(24)17-10-9-16(27-17)12-5-7-13(8-6-12)23(25)26/h5-10H,1-4H2,(H,22,24). The molecule has 4 rings (SSSR count). The number of rotatable bonds is 4. The summed E-state index contributed by atoms with van der Waals surface area (Å²) in [7, 11) is 0. The maximum atomic E-state index is 12.6. The normalized spacial score (nSPS) is 12.8. The van der Waals surface area contributed by atoms with Gasteiger partial charge in [0.05, 0.1) is 10.5 Å². The SMILES string of the molecule is N#Cc1c(NC(=O)c2ccc(-c3ccc([N+](=O)[O-])cc3)o2)sc2c1CCCC2. The van der Waals surface area contributed by atoms with Gasteiger partial charge < -0.3 is 9.73 Å². The lowest BCUT2D eigenvalue weighted by Gasteiger charge is -2.09. The molecule has 1 amide bonds. The van der Waals surface area contributed by atoms with E-state index in [1.165, 1.54) is 28.3 Å². The van der Waals surface area contributed by atoms with Gasteiger partial charge in [0.25, 0.3) is 11.6 Å². The molecule has 1 aromatic carbocycles. The van der Waals surface area contributed by atoms with E-state index in [0.717, 1.165) is 31.2 Å². The highest BCUT2D eigenvalue weighted by molar-refractivity contribution is 7.16. The molecule has 0 saturated carbocycles. The van der Waals surface area contributed by atoms with Crippen LogP contribution in [-0.4, -0.2) is 10.8 Å². The molecule has 0 unspecified atom stereocenters. The molecular formula is C20H15N3O4S. The summed E-state index contributed by atoms with van der Waals surface area (Å²) in [6, 6.07) is 11.3. The van der Waals surface area contributed by atoms with Gasteiger partial charge in [0.2, 0.25) is 0 Å². The molecular weight excluding hydrogens is 378 g/mol. The Morgan fingerprint density at radius 3 is 2.64 bits per heavy atom. The number of non-ortho nitro benzene ring substituents is 1. The molecule has 7 nitrogen and oxygen atoms in total. The lowest BCUT2D eigenvalue weighted by Crippen LogP contribution is -2.10. The molecule has 1 aliphatic rings. The van der Waals surface area contributed by atoms with E-state index < -0.39 is 10.8 Å². The van der Waals surface area contributed by atoms with Crippen molar-refractivity contribution < 1.29 is 14.1 Å². The quantitative estimate of drug-likeness (QED) is 0.500. The lowest BCUT2D eigenvalue weighted by molar-refractivity contribution is -0.384. The number of nitro groups is 1. The van der Waals surface area contributed by atoms with Crippen molar-refractivity contribution >= 4 is 27.9 Å². The van der Waals surface area contributed by atoms with Crippen molar-refractivity contribution in [2.24, 2.45) is 0 Å². The van der Waals surface area contributed by atoms with E-state index in [-0.39, 0.29) is 11.4 Å². The second-order valence-corrected chi connectivity index (χ2v) is 7.55. The van der Waals surface area contributed by atoms with Crippen LogP contribution < -0.4 is 5.32 Å². The highest BCUT2D eigenvalue weighted by Crippen LogP contribution is 2.38. The maximum absolute atomic E-state index is 12.6. The summed E-state index contributed by atoms with van der Waals surface area (Å²) in [4.78, 5) is 24.0. The number of carbonyl (C=O) groups is 1. The van der Waals surface area contributed by atoms with Crippen LogP contribution in [0.4, 0.5) is 10.7 Å². The molecule has 2 heterocycles. The number of nitrogens with one attached hydrogen (secondary N) is 1. The molecule has 0 fully saturated rings. The highest BCUT2D eigenvalue weighted by Gasteiger charge is 2.23. The first-order valence-electron chi connectivity index (χ1n) is 8.77. The van der Waals surface area contributed by atoms with E-state index in [1.807, 2.05) is 0 Å². The van der Waals surface area contributed by atoms with E-state index in [9.17, 15) is 20.2 Å².